The first kappa shape index (κ1) is 16.3. The van der Waals surface area contributed by atoms with Gasteiger partial charge in [-0.1, -0.05) is 19.1 Å². The molecule has 0 bridgehead atoms. The zero-order valence-electron chi connectivity index (χ0n) is 11.1. The number of carbonyl (C=O) groups is 1. The van der Waals surface area contributed by atoms with Gasteiger partial charge in [-0.15, -0.1) is 13.2 Å². The quantitative estimate of drug-likeness (QED) is 0.845. The molecule has 1 aromatic rings. The van der Waals surface area contributed by atoms with Crippen molar-refractivity contribution in [2.45, 2.75) is 38.7 Å². The second-order valence-electron chi connectivity index (χ2n) is 4.36. The normalized spacial score (nSPS) is 14.7. The minimum Gasteiger partial charge on any atom is -0.480 e. The van der Waals surface area contributed by atoms with E-state index in [0.29, 0.717) is 5.56 Å². The van der Waals surface area contributed by atoms with E-state index in [1.54, 1.807) is 0 Å². The molecule has 0 radical (unpaired) electrons. The highest BCUT2D eigenvalue weighted by molar-refractivity contribution is 5.75. The monoisotopic (exact) mass is 291 g/mol. The molecule has 112 valence electrons. The summed E-state index contributed by atoms with van der Waals surface area (Å²) in [5.41, 5.74) is 0.368. The van der Waals surface area contributed by atoms with Crippen molar-refractivity contribution in [1.82, 2.24) is 5.32 Å². The van der Waals surface area contributed by atoms with E-state index < -0.39 is 18.4 Å². The van der Waals surface area contributed by atoms with Crippen LogP contribution in [-0.2, 0) is 4.79 Å². The number of halogens is 3. The van der Waals surface area contributed by atoms with Gasteiger partial charge in [-0.2, -0.15) is 0 Å². The minimum atomic E-state index is -4.76. The molecule has 0 fully saturated rings. The van der Waals surface area contributed by atoms with Crippen LogP contribution in [0.1, 0.15) is 31.9 Å². The lowest BCUT2D eigenvalue weighted by Gasteiger charge is -2.19. The highest BCUT2D eigenvalue weighted by Gasteiger charge is 2.31. The lowest BCUT2D eigenvalue weighted by atomic mass is 10.1. The van der Waals surface area contributed by atoms with Gasteiger partial charge in [-0.05, 0) is 31.0 Å². The summed E-state index contributed by atoms with van der Waals surface area (Å²) in [4.78, 5) is 11.2. The second kappa shape index (κ2) is 6.60. The number of hydrogen-bond donors (Lipinski definition) is 2. The number of benzene rings is 1. The highest BCUT2D eigenvalue weighted by Crippen LogP contribution is 2.24. The molecule has 0 heterocycles. The van der Waals surface area contributed by atoms with Gasteiger partial charge in [-0.25, -0.2) is 0 Å². The molecule has 2 N–H and O–H groups in total. The topological polar surface area (TPSA) is 58.6 Å². The van der Waals surface area contributed by atoms with Crippen molar-refractivity contribution in [3.63, 3.8) is 0 Å². The molecular weight excluding hydrogens is 275 g/mol. The molecular formula is C13H16F3NO3. The molecule has 2 atom stereocenters. The van der Waals surface area contributed by atoms with Crippen LogP contribution in [0.4, 0.5) is 13.2 Å². The van der Waals surface area contributed by atoms with Crippen LogP contribution in [0.2, 0.25) is 0 Å². The molecule has 0 aliphatic carbocycles. The van der Waals surface area contributed by atoms with Crippen molar-refractivity contribution < 1.29 is 27.8 Å². The maximum Gasteiger partial charge on any atom is 0.573 e. The molecule has 1 aromatic carbocycles. The van der Waals surface area contributed by atoms with Crippen molar-refractivity contribution >= 4 is 5.97 Å². The van der Waals surface area contributed by atoms with E-state index >= 15 is 0 Å². The van der Waals surface area contributed by atoms with Crippen molar-refractivity contribution in [1.29, 1.82) is 0 Å². The van der Waals surface area contributed by atoms with Gasteiger partial charge >= 0.3 is 12.3 Å². The average Bonchev–Trinajstić information content (AvgIpc) is 2.34. The van der Waals surface area contributed by atoms with E-state index in [1.165, 1.54) is 12.1 Å². The molecule has 0 amide bonds. The summed E-state index contributed by atoms with van der Waals surface area (Å²) < 4.78 is 39.8. The predicted molar refractivity (Wildman–Crippen MR) is 66.4 cm³/mol. The maximum atomic E-state index is 12.0. The lowest BCUT2D eigenvalue weighted by Crippen LogP contribution is -2.34. The third-order valence-electron chi connectivity index (χ3n) is 2.76. The Labute approximate surface area is 114 Å². The predicted octanol–water partition coefficient (Wildman–Crippen LogP) is 3.10. The van der Waals surface area contributed by atoms with Gasteiger partial charge in [0.2, 0.25) is 0 Å². The van der Waals surface area contributed by atoms with E-state index in [1.807, 2.05) is 13.8 Å². The molecule has 4 nitrogen and oxygen atoms in total. The number of carboxylic acid groups (broad SMARTS) is 1. The Balaban J connectivity index is 2.85. The fourth-order valence-corrected chi connectivity index (χ4v) is 1.57. The molecule has 20 heavy (non-hydrogen) atoms. The largest absolute Gasteiger partial charge is 0.573 e. The summed E-state index contributed by atoms with van der Waals surface area (Å²) in [7, 11) is 0. The van der Waals surface area contributed by atoms with E-state index in [2.05, 4.69) is 10.1 Å². The van der Waals surface area contributed by atoms with Crippen LogP contribution in [0.5, 0.6) is 5.75 Å². The fourth-order valence-electron chi connectivity index (χ4n) is 1.57. The van der Waals surface area contributed by atoms with Crippen molar-refractivity contribution in [3.8, 4) is 5.75 Å². The van der Waals surface area contributed by atoms with Gasteiger partial charge in [0.05, 0.1) is 0 Å². The van der Waals surface area contributed by atoms with Crippen LogP contribution >= 0.6 is 0 Å². The van der Waals surface area contributed by atoms with Crippen molar-refractivity contribution in [2.75, 3.05) is 0 Å². The second-order valence-corrected chi connectivity index (χ2v) is 4.36. The summed E-state index contributed by atoms with van der Waals surface area (Å²) in [6.45, 7) is 3.73. The van der Waals surface area contributed by atoms with Gasteiger partial charge in [0.25, 0.3) is 0 Å². The zero-order chi connectivity index (χ0) is 15.3. The lowest BCUT2D eigenvalue weighted by molar-refractivity contribution is -0.274. The Hall–Kier alpha value is -1.76. The zero-order valence-corrected chi connectivity index (χ0v) is 11.1. The molecule has 0 aromatic heterocycles. The number of rotatable bonds is 6. The van der Waals surface area contributed by atoms with Crippen LogP contribution in [-0.4, -0.2) is 23.5 Å². The first-order chi connectivity index (χ1) is 9.23. The highest BCUT2D eigenvalue weighted by atomic mass is 19.4. The molecule has 0 aliphatic heterocycles. The maximum absolute atomic E-state index is 12.0. The standard InChI is InChI=1S/C13H16F3NO3/c1-3-8(2)17-11(12(18)19)9-4-6-10(7-5-9)20-13(14,15)16/h4-8,11,17H,3H2,1-2H3,(H,18,19). The smallest absolute Gasteiger partial charge is 0.480 e. The summed E-state index contributed by atoms with van der Waals surface area (Å²) in [6, 6.07) is 3.80. The Morgan fingerprint density at radius 3 is 2.30 bits per heavy atom. The number of alkyl halides is 3. The molecule has 0 saturated heterocycles. The molecule has 2 unspecified atom stereocenters. The van der Waals surface area contributed by atoms with E-state index in [0.717, 1.165) is 18.6 Å². The Morgan fingerprint density at radius 1 is 1.35 bits per heavy atom. The summed E-state index contributed by atoms with van der Waals surface area (Å²) >= 11 is 0. The van der Waals surface area contributed by atoms with Gasteiger partial charge < -0.3 is 9.84 Å². The van der Waals surface area contributed by atoms with Crippen LogP contribution in [0, 0.1) is 0 Å². The van der Waals surface area contributed by atoms with Crippen molar-refractivity contribution in [2.24, 2.45) is 0 Å². The van der Waals surface area contributed by atoms with Crippen LogP contribution in [0.3, 0.4) is 0 Å². The van der Waals surface area contributed by atoms with Gasteiger partial charge in [0.15, 0.2) is 0 Å². The molecule has 7 heteroatoms. The third kappa shape index (κ3) is 5.08. The first-order valence-corrected chi connectivity index (χ1v) is 6.07. The number of ether oxygens (including phenoxy) is 1. The van der Waals surface area contributed by atoms with E-state index in [9.17, 15) is 18.0 Å². The number of nitrogens with one attached hydrogen (secondary N) is 1. The van der Waals surface area contributed by atoms with Crippen LogP contribution in [0.25, 0.3) is 0 Å². The summed E-state index contributed by atoms with van der Waals surface area (Å²) in [5, 5.41) is 12.0. The van der Waals surface area contributed by atoms with Crippen molar-refractivity contribution in [3.05, 3.63) is 29.8 Å². The number of hydrogen-bond acceptors (Lipinski definition) is 3. The van der Waals surface area contributed by atoms with Gasteiger partial charge in [0.1, 0.15) is 11.8 Å². The molecule has 0 aliphatic rings. The molecule has 0 spiro atoms. The Kier molecular flexibility index (Phi) is 5.38. The number of aliphatic carboxylic acids is 1. The van der Waals surface area contributed by atoms with Gasteiger partial charge in [-0.3, -0.25) is 10.1 Å². The molecule has 1 rings (SSSR count). The average molecular weight is 291 g/mol. The van der Waals surface area contributed by atoms with Crippen LogP contribution in [0.15, 0.2) is 24.3 Å². The third-order valence-corrected chi connectivity index (χ3v) is 2.76. The first-order valence-electron chi connectivity index (χ1n) is 6.07. The number of carboxylic acids is 1. The Morgan fingerprint density at radius 2 is 1.90 bits per heavy atom. The fraction of sp³-hybridized carbons (Fsp3) is 0.462. The summed E-state index contributed by atoms with van der Waals surface area (Å²) in [6.07, 6.45) is -4.03. The van der Waals surface area contributed by atoms with E-state index in [4.69, 9.17) is 5.11 Å². The minimum absolute atomic E-state index is 0.0257. The van der Waals surface area contributed by atoms with Gasteiger partial charge in [0, 0.05) is 6.04 Å². The van der Waals surface area contributed by atoms with E-state index in [-0.39, 0.29) is 11.8 Å². The van der Waals surface area contributed by atoms with Crippen LogP contribution < -0.4 is 10.1 Å². The Bertz CT molecular complexity index is 445. The molecule has 0 saturated carbocycles. The SMILES string of the molecule is CCC(C)NC(C(=O)O)c1ccc(OC(F)(F)F)cc1. The summed E-state index contributed by atoms with van der Waals surface area (Å²) in [5.74, 6) is -1.47.